The van der Waals surface area contributed by atoms with Crippen molar-refractivity contribution in [3.63, 3.8) is 0 Å². The highest BCUT2D eigenvalue weighted by Crippen LogP contribution is 2.30. The minimum Gasteiger partial charge on any atom is -0.384 e. The Morgan fingerprint density at radius 3 is 2.90 bits per heavy atom. The van der Waals surface area contributed by atoms with Crippen molar-refractivity contribution < 1.29 is 5.11 Å². The van der Waals surface area contributed by atoms with Crippen LogP contribution >= 0.6 is 11.3 Å². The van der Waals surface area contributed by atoms with Gasteiger partial charge in [0.15, 0.2) is 0 Å². The number of rotatable bonds is 2. The highest BCUT2D eigenvalue weighted by atomic mass is 32.1. The van der Waals surface area contributed by atoms with E-state index in [-0.39, 0.29) is 0 Å². The second kappa shape index (κ2) is 4.91. The molecule has 21 heavy (non-hydrogen) atoms. The van der Waals surface area contributed by atoms with Crippen LogP contribution in [0.2, 0.25) is 0 Å². The number of aromatic nitrogens is 2. The molecule has 0 saturated heterocycles. The average molecular weight is 292 g/mol. The van der Waals surface area contributed by atoms with Gasteiger partial charge in [0.05, 0.1) is 15.7 Å². The van der Waals surface area contributed by atoms with Crippen LogP contribution in [0.4, 0.5) is 0 Å². The van der Waals surface area contributed by atoms with Crippen LogP contribution in [-0.2, 0) is 0 Å². The highest BCUT2D eigenvalue weighted by molar-refractivity contribution is 7.17. The predicted molar refractivity (Wildman–Crippen MR) is 85.4 cm³/mol. The Balaban J connectivity index is 1.87. The molecule has 1 unspecified atom stereocenters. The van der Waals surface area contributed by atoms with E-state index in [0.717, 1.165) is 32.2 Å². The molecular formula is C17H12N2OS. The van der Waals surface area contributed by atoms with E-state index in [1.54, 1.807) is 23.7 Å². The molecule has 3 aromatic heterocycles. The maximum Gasteiger partial charge on any atom is 0.106 e. The molecule has 0 spiro atoms. The zero-order valence-corrected chi connectivity index (χ0v) is 11.9. The topological polar surface area (TPSA) is 46.0 Å². The van der Waals surface area contributed by atoms with Gasteiger partial charge < -0.3 is 5.11 Å². The van der Waals surface area contributed by atoms with Crippen molar-refractivity contribution in [1.29, 1.82) is 0 Å². The SMILES string of the molecule is OC(c1cnc2ccsc2c1)c1cccc2ncccc12. The summed E-state index contributed by atoms with van der Waals surface area (Å²) in [5, 5.41) is 13.7. The van der Waals surface area contributed by atoms with Gasteiger partial charge in [0.1, 0.15) is 6.10 Å². The zero-order valence-electron chi connectivity index (χ0n) is 11.1. The van der Waals surface area contributed by atoms with Crippen LogP contribution in [0.5, 0.6) is 0 Å². The Bertz CT molecular complexity index is 927. The van der Waals surface area contributed by atoms with Crippen molar-refractivity contribution in [3.8, 4) is 0 Å². The first kappa shape index (κ1) is 12.4. The highest BCUT2D eigenvalue weighted by Gasteiger charge is 2.15. The lowest BCUT2D eigenvalue weighted by atomic mass is 9.99. The van der Waals surface area contributed by atoms with Gasteiger partial charge in [-0.25, -0.2) is 0 Å². The zero-order chi connectivity index (χ0) is 14.2. The molecule has 0 fully saturated rings. The maximum atomic E-state index is 10.7. The number of fused-ring (bicyclic) bond motifs is 2. The van der Waals surface area contributed by atoms with Gasteiger partial charge in [-0.3, -0.25) is 9.97 Å². The Hall–Kier alpha value is -2.30. The van der Waals surface area contributed by atoms with E-state index in [0.29, 0.717) is 0 Å². The summed E-state index contributed by atoms with van der Waals surface area (Å²) in [4.78, 5) is 8.74. The fourth-order valence-corrected chi connectivity index (χ4v) is 3.35. The molecule has 0 aliphatic carbocycles. The minimum atomic E-state index is -0.697. The summed E-state index contributed by atoms with van der Waals surface area (Å²) in [6, 6.07) is 13.7. The minimum absolute atomic E-state index is 0.697. The van der Waals surface area contributed by atoms with Gasteiger partial charge in [0.25, 0.3) is 0 Å². The summed E-state index contributed by atoms with van der Waals surface area (Å²) in [7, 11) is 0. The molecule has 0 radical (unpaired) electrons. The van der Waals surface area contributed by atoms with Crippen LogP contribution in [0.25, 0.3) is 21.1 Å². The molecule has 3 heterocycles. The molecule has 0 bridgehead atoms. The molecule has 0 aliphatic heterocycles. The number of hydrogen-bond donors (Lipinski definition) is 1. The number of aliphatic hydroxyl groups is 1. The standard InChI is InChI=1S/C17H12N2OS/c20-17(11-9-16-15(19-10-11)6-8-21-16)13-3-1-5-14-12(13)4-2-7-18-14/h1-10,17,20H. The molecule has 0 aliphatic rings. The summed E-state index contributed by atoms with van der Waals surface area (Å²) in [6.07, 6.45) is 2.81. The van der Waals surface area contributed by atoms with Gasteiger partial charge in [0, 0.05) is 23.3 Å². The smallest absolute Gasteiger partial charge is 0.106 e. The van der Waals surface area contributed by atoms with Gasteiger partial charge in [0.2, 0.25) is 0 Å². The Labute approximate surface area is 125 Å². The third kappa shape index (κ3) is 2.09. The molecule has 102 valence electrons. The molecule has 1 aromatic carbocycles. The summed E-state index contributed by atoms with van der Waals surface area (Å²) in [5.41, 5.74) is 3.52. The Morgan fingerprint density at radius 1 is 1.00 bits per heavy atom. The first-order valence-electron chi connectivity index (χ1n) is 6.68. The van der Waals surface area contributed by atoms with Crippen molar-refractivity contribution in [2.45, 2.75) is 6.10 Å². The van der Waals surface area contributed by atoms with E-state index >= 15 is 0 Å². The quantitative estimate of drug-likeness (QED) is 0.609. The third-order valence-electron chi connectivity index (χ3n) is 3.61. The van der Waals surface area contributed by atoms with Crippen molar-refractivity contribution >= 4 is 32.5 Å². The fourth-order valence-electron chi connectivity index (χ4n) is 2.56. The van der Waals surface area contributed by atoms with Crippen LogP contribution < -0.4 is 0 Å². The van der Waals surface area contributed by atoms with Crippen LogP contribution in [0, 0.1) is 0 Å². The number of pyridine rings is 2. The van der Waals surface area contributed by atoms with Gasteiger partial charge >= 0.3 is 0 Å². The second-order valence-corrected chi connectivity index (χ2v) is 5.84. The molecule has 3 nitrogen and oxygen atoms in total. The molecule has 1 atom stereocenters. The first-order valence-corrected chi connectivity index (χ1v) is 7.56. The normalized spacial score (nSPS) is 12.8. The van der Waals surface area contributed by atoms with Gasteiger partial charge in [-0.15, -0.1) is 11.3 Å². The number of aliphatic hydroxyl groups excluding tert-OH is 1. The third-order valence-corrected chi connectivity index (χ3v) is 4.47. The Kier molecular flexibility index (Phi) is 2.91. The summed E-state index contributed by atoms with van der Waals surface area (Å²) in [5.74, 6) is 0. The summed E-state index contributed by atoms with van der Waals surface area (Å²) < 4.78 is 1.09. The predicted octanol–water partition coefficient (Wildman–Crippen LogP) is 3.93. The van der Waals surface area contributed by atoms with Gasteiger partial charge in [-0.1, -0.05) is 18.2 Å². The van der Waals surface area contributed by atoms with E-state index in [2.05, 4.69) is 9.97 Å². The molecule has 4 rings (SSSR count). The number of hydrogen-bond acceptors (Lipinski definition) is 4. The molecule has 4 aromatic rings. The summed E-state index contributed by atoms with van der Waals surface area (Å²) >= 11 is 1.63. The maximum absolute atomic E-state index is 10.7. The number of thiophene rings is 1. The van der Waals surface area contributed by atoms with Crippen molar-refractivity contribution in [2.75, 3.05) is 0 Å². The average Bonchev–Trinajstić information content (AvgIpc) is 3.01. The molecular weight excluding hydrogens is 280 g/mol. The van der Waals surface area contributed by atoms with E-state index in [1.807, 2.05) is 47.8 Å². The molecule has 4 heteroatoms. The second-order valence-electron chi connectivity index (χ2n) is 4.89. The monoisotopic (exact) mass is 292 g/mol. The number of nitrogens with zero attached hydrogens (tertiary/aromatic N) is 2. The number of benzene rings is 1. The van der Waals surface area contributed by atoms with E-state index < -0.39 is 6.10 Å². The van der Waals surface area contributed by atoms with Crippen LogP contribution in [-0.4, -0.2) is 15.1 Å². The van der Waals surface area contributed by atoms with Crippen molar-refractivity contribution in [2.24, 2.45) is 0 Å². The van der Waals surface area contributed by atoms with Crippen LogP contribution in [0.1, 0.15) is 17.2 Å². The molecule has 0 saturated carbocycles. The van der Waals surface area contributed by atoms with E-state index in [1.165, 1.54) is 0 Å². The molecule has 0 amide bonds. The lowest BCUT2D eigenvalue weighted by molar-refractivity contribution is 0.221. The summed E-state index contributed by atoms with van der Waals surface area (Å²) in [6.45, 7) is 0. The first-order chi connectivity index (χ1) is 10.3. The fraction of sp³-hybridized carbons (Fsp3) is 0.0588. The van der Waals surface area contributed by atoms with E-state index in [4.69, 9.17) is 0 Å². The lowest BCUT2D eigenvalue weighted by Crippen LogP contribution is -2.01. The lowest BCUT2D eigenvalue weighted by Gasteiger charge is -2.13. The van der Waals surface area contributed by atoms with Crippen LogP contribution in [0.15, 0.2) is 60.2 Å². The van der Waals surface area contributed by atoms with Crippen molar-refractivity contribution in [1.82, 2.24) is 9.97 Å². The molecule has 1 N–H and O–H groups in total. The van der Waals surface area contributed by atoms with Gasteiger partial charge in [-0.05, 0) is 35.2 Å². The van der Waals surface area contributed by atoms with E-state index in [9.17, 15) is 5.11 Å². The van der Waals surface area contributed by atoms with Crippen LogP contribution in [0.3, 0.4) is 0 Å². The van der Waals surface area contributed by atoms with Crippen molar-refractivity contribution in [3.05, 3.63) is 71.4 Å². The van der Waals surface area contributed by atoms with Gasteiger partial charge in [-0.2, -0.15) is 0 Å². The Morgan fingerprint density at radius 2 is 1.95 bits per heavy atom. The largest absolute Gasteiger partial charge is 0.384 e.